The molecule has 3 rings (SSSR count). The maximum Gasteiger partial charge on any atom is 0.162 e. The van der Waals surface area contributed by atoms with Crippen LogP contribution >= 0.6 is 40.4 Å². The minimum absolute atomic E-state index is 0. The summed E-state index contributed by atoms with van der Waals surface area (Å²) < 4.78 is -0.890. The Morgan fingerprint density at radius 1 is 0.680 bits per heavy atom. The molecule has 0 aromatic heterocycles. The van der Waals surface area contributed by atoms with E-state index in [1.165, 1.54) is 16.2 Å². The van der Waals surface area contributed by atoms with E-state index in [4.69, 9.17) is 23.2 Å². The smallest absolute Gasteiger partial charge is 0.0911 e. The van der Waals surface area contributed by atoms with Gasteiger partial charge in [0.05, 0.1) is 0 Å². The zero-order chi connectivity index (χ0) is 16.8. The molecule has 3 aromatic carbocycles. The maximum atomic E-state index is 6.76. The topological polar surface area (TPSA) is 0 Å². The number of hydrogen-bond acceptors (Lipinski definition) is 0. The second-order valence-corrected chi connectivity index (χ2v) is 10.3. The summed E-state index contributed by atoms with van der Waals surface area (Å²) in [6.45, 7) is 0. The third-order valence-corrected chi connectivity index (χ3v) is 7.17. The van der Waals surface area contributed by atoms with Gasteiger partial charge < -0.3 is 0 Å². The van der Waals surface area contributed by atoms with Crippen molar-refractivity contribution >= 4 is 51.0 Å². The summed E-state index contributed by atoms with van der Waals surface area (Å²) >= 11 is 13.5. The van der Waals surface area contributed by atoms with Crippen molar-refractivity contribution in [3.63, 3.8) is 0 Å². The van der Waals surface area contributed by atoms with Crippen molar-refractivity contribution in [1.82, 2.24) is 0 Å². The Balaban J connectivity index is 0.00000225. The second kappa shape index (κ2) is 10.2. The van der Waals surface area contributed by atoms with E-state index in [1.807, 2.05) is 30.3 Å². The van der Waals surface area contributed by atoms with Crippen LogP contribution in [0, 0.1) is 0 Å². The Hall–Kier alpha value is -0.238. The van der Waals surface area contributed by atoms with Gasteiger partial charge in [-0.1, -0.05) is 117 Å². The summed E-state index contributed by atoms with van der Waals surface area (Å²) in [6, 6.07) is 29.0. The molecule has 2 unspecified atom stereocenters. The summed E-state index contributed by atoms with van der Waals surface area (Å²) in [4.78, 5) is 0. The monoisotopic (exact) mass is 496 g/mol. The van der Waals surface area contributed by atoms with E-state index in [9.17, 15) is 0 Å². The molecule has 0 bridgehead atoms. The molecule has 0 amide bonds. The van der Waals surface area contributed by atoms with Gasteiger partial charge in [0.1, 0.15) is 0 Å². The van der Waals surface area contributed by atoms with Crippen LogP contribution in [0.2, 0.25) is 0 Å². The fraction of sp³-hybridized carbons (Fsp3) is 0.100. The Morgan fingerprint density at radius 2 is 1.20 bits per heavy atom. The minimum Gasteiger partial charge on any atom is -0.0911 e. The van der Waals surface area contributed by atoms with Gasteiger partial charge in [-0.15, -0.1) is 0 Å². The van der Waals surface area contributed by atoms with Gasteiger partial charge in [0.2, 0.25) is 0 Å². The summed E-state index contributed by atoms with van der Waals surface area (Å²) in [6.07, 6.45) is 0.959. The molecule has 2 atom stereocenters. The van der Waals surface area contributed by atoms with E-state index >= 15 is 0 Å². The molecule has 0 aliphatic rings. The first-order chi connectivity index (χ1) is 11.6. The molecule has 0 saturated heterocycles. The second-order valence-electron chi connectivity index (χ2n) is 5.44. The predicted octanol–water partition coefficient (Wildman–Crippen LogP) is 5.78. The van der Waals surface area contributed by atoms with Crippen LogP contribution in [-0.2, 0) is 30.7 Å². The molecule has 0 fully saturated rings. The molecule has 0 aliphatic heterocycles. The summed E-state index contributed by atoms with van der Waals surface area (Å²) in [5, 5.41) is 2.52. The van der Waals surface area contributed by atoms with Crippen LogP contribution in [0.25, 0.3) is 0 Å². The number of alkyl halides is 2. The Morgan fingerprint density at radius 3 is 1.84 bits per heavy atom. The molecular weight excluding hydrogens is 479 g/mol. The van der Waals surface area contributed by atoms with Crippen molar-refractivity contribution < 1.29 is 20.4 Å². The SMILES string of the molecule is ClC(Cl)(Pc1ccccc1)c1ccccc1CPc1ccccc1.[Pd]. The van der Waals surface area contributed by atoms with Gasteiger partial charge in [0, 0.05) is 20.4 Å². The molecule has 25 heavy (non-hydrogen) atoms. The van der Waals surface area contributed by atoms with Gasteiger partial charge in [-0.05, 0) is 36.5 Å². The predicted molar refractivity (Wildman–Crippen MR) is 112 cm³/mol. The van der Waals surface area contributed by atoms with Crippen LogP contribution in [0.4, 0.5) is 0 Å². The van der Waals surface area contributed by atoms with E-state index in [-0.39, 0.29) is 20.4 Å². The normalized spacial score (nSPS) is 11.9. The zero-order valence-electron chi connectivity index (χ0n) is 13.4. The largest absolute Gasteiger partial charge is 0.162 e. The van der Waals surface area contributed by atoms with E-state index in [0.29, 0.717) is 17.2 Å². The van der Waals surface area contributed by atoms with Crippen LogP contribution < -0.4 is 10.6 Å². The van der Waals surface area contributed by atoms with Crippen LogP contribution in [0.3, 0.4) is 0 Å². The molecule has 0 radical (unpaired) electrons. The van der Waals surface area contributed by atoms with Gasteiger partial charge in [-0.2, -0.15) is 0 Å². The number of hydrogen-bond donors (Lipinski definition) is 0. The third kappa shape index (κ3) is 6.15. The van der Waals surface area contributed by atoms with Gasteiger partial charge >= 0.3 is 0 Å². The molecule has 5 heteroatoms. The van der Waals surface area contributed by atoms with Crippen molar-refractivity contribution in [2.75, 3.05) is 0 Å². The molecule has 132 valence electrons. The van der Waals surface area contributed by atoms with Crippen LogP contribution in [0.1, 0.15) is 11.1 Å². The Bertz CT molecular complexity index is 780. The van der Waals surface area contributed by atoms with Crippen molar-refractivity contribution in [2.45, 2.75) is 10.2 Å². The fourth-order valence-electron chi connectivity index (χ4n) is 2.50. The van der Waals surface area contributed by atoms with Gasteiger partial charge in [0.15, 0.2) is 4.07 Å². The number of benzene rings is 3. The average molecular weight is 498 g/mol. The molecule has 0 saturated carbocycles. The first-order valence-electron chi connectivity index (χ1n) is 7.73. The number of rotatable bonds is 6. The Kier molecular flexibility index (Phi) is 8.59. The molecular formula is C20H18Cl2P2Pd. The number of halogens is 2. The summed E-state index contributed by atoms with van der Waals surface area (Å²) in [7, 11) is 1.02. The van der Waals surface area contributed by atoms with Gasteiger partial charge in [-0.25, -0.2) is 0 Å². The molecule has 0 aliphatic carbocycles. The fourth-order valence-corrected chi connectivity index (χ4v) is 5.76. The third-order valence-electron chi connectivity index (χ3n) is 3.69. The van der Waals surface area contributed by atoms with Crippen molar-refractivity contribution in [2.24, 2.45) is 0 Å². The molecule has 0 heterocycles. The summed E-state index contributed by atoms with van der Waals surface area (Å²) in [5.74, 6) is 0. The van der Waals surface area contributed by atoms with Gasteiger partial charge in [0.25, 0.3) is 0 Å². The zero-order valence-corrected chi connectivity index (χ0v) is 18.4. The van der Waals surface area contributed by atoms with Crippen molar-refractivity contribution in [1.29, 1.82) is 0 Å². The van der Waals surface area contributed by atoms with Crippen LogP contribution in [-0.4, -0.2) is 0 Å². The van der Waals surface area contributed by atoms with Crippen LogP contribution in [0.15, 0.2) is 84.9 Å². The maximum absolute atomic E-state index is 6.76. The molecule has 0 nitrogen and oxygen atoms in total. The standard InChI is InChI=1S/C20H18Cl2P2.Pd/c21-20(22,24-18-12-5-2-6-13-18)19-14-8-7-9-16(19)15-23-17-10-3-1-4-11-17;/h1-14,23-24H,15H2;. The quantitative estimate of drug-likeness (QED) is 0.230. The molecule has 0 spiro atoms. The molecule has 0 N–H and O–H groups in total. The van der Waals surface area contributed by atoms with E-state index in [1.54, 1.807) is 0 Å². The first-order valence-corrected chi connectivity index (χ1v) is 10.7. The van der Waals surface area contributed by atoms with Crippen molar-refractivity contribution in [3.05, 3.63) is 96.1 Å². The minimum atomic E-state index is -0.890. The van der Waals surface area contributed by atoms with Crippen molar-refractivity contribution in [3.8, 4) is 0 Å². The molecule has 3 aromatic rings. The van der Waals surface area contributed by atoms with Gasteiger partial charge in [-0.3, -0.25) is 0 Å². The summed E-state index contributed by atoms with van der Waals surface area (Å²) in [5.41, 5.74) is 2.26. The van der Waals surface area contributed by atoms with Crippen LogP contribution in [0.5, 0.6) is 0 Å². The first kappa shape index (κ1) is 21.1. The van der Waals surface area contributed by atoms with E-state index in [0.717, 1.165) is 11.7 Å². The van der Waals surface area contributed by atoms with E-state index < -0.39 is 4.07 Å². The Labute approximate surface area is 176 Å². The van der Waals surface area contributed by atoms with E-state index in [2.05, 4.69) is 54.6 Å². The average Bonchev–Trinajstić information content (AvgIpc) is 2.61.